The van der Waals surface area contributed by atoms with Gasteiger partial charge < -0.3 is 32.5 Å². The van der Waals surface area contributed by atoms with E-state index in [9.17, 15) is 24.0 Å². The summed E-state index contributed by atoms with van der Waals surface area (Å²) < 4.78 is 0. The number of hydrogen-bond donors (Lipinski definition) is 6. The minimum atomic E-state index is -1.37. The SMILES string of the molecule is CCC(C)C(N)C(=O)NCC(=O)NC(CC(N)=O)C(=O)NC(C(=O)O)C(C)C. The van der Waals surface area contributed by atoms with Gasteiger partial charge in [0.05, 0.1) is 19.0 Å². The molecule has 0 spiro atoms. The molecule has 0 aromatic heterocycles. The van der Waals surface area contributed by atoms with Crippen molar-refractivity contribution in [2.24, 2.45) is 23.3 Å². The van der Waals surface area contributed by atoms with E-state index in [0.717, 1.165) is 0 Å². The van der Waals surface area contributed by atoms with Crippen molar-refractivity contribution < 1.29 is 29.1 Å². The number of rotatable bonds is 12. The number of nitrogens with one attached hydrogen (secondary N) is 3. The fraction of sp³-hybridized carbons (Fsp3) is 0.706. The molecule has 4 amide bonds. The fourth-order valence-electron chi connectivity index (χ4n) is 2.22. The Morgan fingerprint density at radius 3 is 2.00 bits per heavy atom. The van der Waals surface area contributed by atoms with Crippen LogP contribution in [0.15, 0.2) is 0 Å². The van der Waals surface area contributed by atoms with Crippen molar-refractivity contribution in [1.82, 2.24) is 16.0 Å². The third kappa shape index (κ3) is 8.80. The Hall–Kier alpha value is -2.69. The molecule has 0 rings (SSSR count). The second kappa shape index (κ2) is 11.9. The number of aliphatic carboxylic acids is 1. The van der Waals surface area contributed by atoms with E-state index in [-0.39, 0.29) is 5.92 Å². The molecular weight excluding hydrogens is 370 g/mol. The minimum Gasteiger partial charge on any atom is -0.480 e. The summed E-state index contributed by atoms with van der Waals surface area (Å²) >= 11 is 0. The van der Waals surface area contributed by atoms with Gasteiger partial charge in [0, 0.05) is 0 Å². The summed E-state index contributed by atoms with van der Waals surface area (Å²) in [5.74, 6) is -4.75. The van der Waals surface area contributed by atoms with Gasteiger partial charge in [-0.05, 0) is 11.8 Å². The van der Waals surface area contributed by atoms with Gasteiger partial charge in [0.15, 0.2) is 0 Å². The molecule has 28 heavy (non-hydrogen) atoms. The lowest BCUT2D eigenvalue weighted by Crippen LogP contribution is -2.55. The van der Waals surface area contributed by atoms with Crippen molar-refractivity contribution in [2.45, 2.75) is 58.7 Å². The van der Waals surface area contributed by atoms with Gasteiger partial charge in [-0.2, -0.15) is 0 Å². The lowest BCUT2D eigenvalue weighted by atomic mass is 9.99. The molecule has 0 bridgehead atoms. The molecule has 0 aliphatic heterocycles. The molecule has 11 nitrogen and oxygen atoms in total. The summed E-state index contributed by atoms with van der Waals surface area (Å²) in [5, 5.41) is 16.0. The van der Waals surface area contributed by atoms with Crippen LogP contribution in [-0.2, 0) is 24.0 Å². The fourth-order valence-corrected chi connectivity index (χ4v) is 2.22. The van der Waals surface area contributed by atoms with Gasteiger partial charge in [0.25, 0.3) is 0 Å². The van der Waals surface area contributed by atoms with Gasteiger partial charge in [0.2, 0.25) is 23.6 Å². The highest BCUT2D eigenvalue weighted by Gasteiger charge is 2.29. The number of carbonyl (C=O) groups is 5. The number of nitrogens with two attached hydrogens (primary N) is 2. The topological polar surface area (TPSA) is 194 Å². The van der Waals surface area contributed by atoms with E-state index in [1.165, 1.54) is 0 Å². The Morgan fingerprint density at radius 2 is 1.57 bits per heavy atom. The highest BCUT2D eigenvalue weighted by Crippen LogP contribution is 2.05. The quantitative estimate of drug-likeness (QED) is 0.219. The smallest absolute Gasteiger partial charge is 0.326 e. The first-order valence-electron chi connectivity index (χ1n) is 9.04. The van der Waals surface area contributed by atoms with Crippen LogP contribution in [0.5, 0.6) is 0 Å². The standard InChI is InChI=1S/C17H31N5O6/c1-5-9(4)13(19)16(26)20-7-12(24)21-10(6-11(18)23)15(25)22-14(8(2)3)17(27)28/h8-10,13-14H,5-7,19H2,1-4H3,(H2,18,23)(H,20,26)(H,21,24)(H,22,25)(H,27,28). The van der Waals surface area contributed by atoms with E-state index in [0.29, 0.717) is 6.42 Å². The summed E-state index contributed by atoms with van der Waals surface area (Å²) in [6, 6.07) is -3.36. The maximum atomic E-state index is 12.3. The second-order valence-corrected chi connectivity index (χ2v) is 6.99. The van der Waals surface area contributed by atoms with E-state index in [1.54, 1.807) is 20.8 Å². The van der Waals surface area contributed by atoms with Gasteiger partial charge in [-0.25, -0.2) is 4.79 Å². The second-order valence-electron chi connectivity index (χ2n) is 6.99. The predicted molar refractivity (Wildman–Crippen MR) is 101 cm³/mol. The Balaban J connectivity index is 4.92. The number of hydrogen-bond acceptors (Lipinski definition) is 6. The maximum absolute atomic E-state index is 12.3. The maximum Gasteiger partial charge on any atom is 0.326 e. The van der Waals surface area contributed by atoms with Crippen molar-refractivity contribution in [2.75, 3.05) is 6.54 Å². The molecule has 0 fully saturated rings. The lowest BCUT2D eigenvalue weighted by molar-refractivity contribution is -0.143. The van der Waals surface area contributed by atoms with Crippen molar-refractivity contribution in [3.8, 4) is 0 Å². The molecule has 11 heteroatoms. The predicted octanol–water partition coefficient (Wildman–Crippen LogP) is -1.94. The van der Waals surface area contributed by atoms with Gasteiger partial charge in [-0.15, -0.1) is 0 Å². The molecule has 0 radical (unpaired) electrons. The average Bonchev–Trinajstić information content (AvgIpc) is 2.60. The van der Waals surface area contributed by atoms with Gasteiger partial charge in [-0.3, -0.25) is 19.2 Å². The molecule has 0 saturated carbocycles. The number of carbonyl (C=O) groups excluding carboxylic acids is 4. The van der Waals surface area contributed by atoms with E-state index in [1.807, 2.05) is 6.92 Å². The van der Waals surface area contributed by atoms with Crippen LogP contribution in [-0.4, -0.2) is 59.4 Å². The summed E-state index contributed by atoms with van der Waals surface area (Å²) in [6.07, 6.45) is 0.157. The Kier molecular flexibility index (Phi) is 10.8. The molecule has 160 valence electrons. The van der Waals surface area contributed by atoms with Crippen LogP contribution in [0.4, 0.5) is 0 Å². The first-order valence-corrected chi connectivity index (χ1v) is 9.04. The molecule has 4 unspecified atom stereocenters. The van der Waals surface area contributed by atoms with E-state index in [4.69, 9.17) is 16.6 Å². The van der Waals surface area contributed by atoms with E-state index >= 15 is 0 Å². The molecule has 8 N–H and O–H groups in total. The van der Waals surface area contributed by atoms with Gasteiger partial charge >= 0.3 is 5.97 Å². The third-order valence-electron chi connectivity index (χ3n) is 4.27. The molecule has 0 aromatic carbocycles. The Labute approximate surface area is 164 Å². The summed E-state index contributed by atoms with van der Waals surface area (Å²) in [5.41, 5.74) is 10.9. The molecule has 0 saturated heterocycles. The van der Waals surface area contributed by atoms with Crippen molar-refractivity contribution in [3.05, 3.63) is 0 Å². The van der Waals surface area contributed by atoms with Crippen molar-refractivity contribution in [1.29, 1.82) is 0 Å². The third-order valence-corrected chi connectivity index (χ3v) is 4.27. The number of carboxylic acid groups (broad SMARTS) is 1. The van der Waals surface area contributed by atoms with Crippen LogP contribution in [0.25, 0.3) is 0 Å². The van der Waals surface area contributed by atoms with Crippen LogP contribution in [0.3, 0.4) is 0 Å². The molecule has 0 aliphatic carbocycles. The summed E-state index contributed by atoms with van der Waals surface area (Å²) in [6.45, 7) is 6.40. The highest BCUT2D eigenvalue weighted by atomic mass is 16.4. The lowest BCUT2D eigenvalue weighted by Gasteiger charge is -2.23. The Bertz CT molecular complexity index is 595. The van der Waals surface area contributed by atoms with Gasteiger partial charge in [0.1, 0.15) is 12.1 Å². The van der Waals surface area contributed by atoms with Crippen LogP contribution in [0, 0.1) is 11.8 Å². The highest BCUT2D eigenvalue weighted by molar-refractivity contribution is 5.95. The number of primary amides is 1. The minimum absolute atomic E-state index is 0.0829. The van der Waals surface area contributed by atoms with Crippen molar-refractivity contribution in [3.63, 3.8) is 0 Å². The Morgan fingerprint density at radius 1 is 1.00 bits per heavy atom. The van der Waals surface area contributed by atoms with Crippen LogP contribution < -0.4 is 27.4 Å². The largest absolute Gasteiger partial charge is 0.480 e. The average molecular weight is 401 g/mol. The molecule has 0 aliphatic rings. The van der Waals surface area contributed by atoms with Crippen LogP contribution in [0.1, 0.15) is 40.5 Å². The normalized spacial score (nSPS) is 15.1. The number of carboxylic acids is 1. The van der Waals surface area contributed by atoms with Gasteiger partial charge in [-0.1, -0.05) is 34.1 Å². The van der Waals surface area contributed by atoms with Crippen molar-refractivity contribution >= 4 is 29.6 Å². The van der Waals surface area contributed by atoms with E-state index < -0.39 is 66.6 Å². The first kappa shape index (κ1) is 25.3. The summed E-state index contributed by atoms with van der Waals surface area (Å²) in [4.78, 5) is 58.7. The van der Waals surface area contributed by atoms with Crippen LogP contribution >= 0.6 is 0 Å². The molecule has 0 aromatic rings. The monoisotopic (exact) mass is 401 g/mol. The number of amides is 4. The van der Waals surface area contributed by atoms with E-state index in [2.05, 4.69) is 16.0 Å². The zero-order valence-corrected chi connectivity index (χ0v) is 16.7. The van der Waals surface area contributed by atoms with Crippen LogP contribution in [0.2, 0.25) is 0 Å². The summed E-state index contributed by atoms with van der Waals surface area (Å²) in [7, 11) is 0. The molecular formula is C17H31N5O6. The first-order chi connectivity index (χ1) is 12.9. The molecule has 0 heterocycles. The zero-order chi connectivity index (χ0) is 22.0. The molecule has 4 atom stereocenters. The zero-order valence-electron chi connectivity index (χ0n) is 16.7.